The fourth-order valence-corrected chi connectivity index (χ4v) is 1.33. The maximum atomic E-state index is 11.5. The van der Waals surface area contributed by atoms with Crippen LogP contribution in [0.5, 0.6) is 0 Å². The van der Waals surface area contributed by atoms with E-state index in [2.05, 4.69) is 20.7 Å². The lowest BCUT2D eigenvalue weighted by atomic mass is 10.2. The van der Waals surface area contributed by atoms with Crippen molar-refractivity contribution in [1.82, 2.24) is 0 Å². The molecule has 1 aromatic carbocycles. The van der Waals surface area contributed by atoms with Gasteiger partial charge in [0.25, 0.3) is 0 Å². The van der Waals surface area contributed by atoms with Crippen LogP contribution in [0.15, 0.2) is 22.7 Å². The highest BCUT2D eigenvalue weighted by molar-refractivity contribution is 9.10. The first kappa shape index (κ1) is 13.5. The van der Waals surface area contributed by atoms with Gasteiger partial charge in [-0.25, -0.2) is 9.59 Å². The largest absolute Gasteiger partial charge is 0.463 e. The van der Waals surface area contributed by atoms with Crippen LogP contribution < -0.4 is 5.73 Å². The first-order valence-corrected chi connectivity index (χ1v) is 5.71. The van der Waals surface area contributed by atoms with E-state index in [0.29, 0.717) is 10.2 Å². The number of nitrogens with two attached hydrogens (primary N) is 1. The standard InChI is InChI=1S/C11H12BrNO4/c1-2-16-10(14)6-17-11(15)7-3-4-8(12)9(13)5-7/h3-5H,2,6,13H2,1H3. The number of carbonyl (C=O) groups is 2. The average molecular weight is 302 g/mol. The van der Waals surface area contributed by atoms with Crippen LogP contribution in [0.1, 0.15) is 17.3 Å². The number of rotatable bonds is 4. The van der Waals surface area contributed by atoms with Crippen LogP contribution in [0.2, 0.25) is 0 Å². The topological polar surface area (TPSA) is 78.6 Å². The van der Waals surface area contributed by atoms with Gasteiger partial charge in [-0.05, 0) is 41.1 Å². The molecule has 0 aliphatic carbocycles. The Morgan fingerprint density at radius 3 is 2.65 bits per heavy atom. The maximum absolute atomic E-state index is 11.5. The van der Waals surface area contributed by atoms with E-state index in [1.807, 2.05) is 0 Å². The second kappa shape index (κ2) is 6.24. The second-order valence-corrected chi connectivity index (χ2v) is 3.97. The van der Waals surface area contributed by atoms with E-state index in [4.69, 9.17) is 10.5 Å². The molecule has 0 aliphatic heterocycles. The molecule has 0 saturated carbocycles. The molecule has 0 spiro atoms. The summed E-state index contributed by atoms with van der Waals surface area (Å²) in [7, 11) is 0. The lowest BCUT2D eigenvalue weighted by Gasteiger charge is -2.05. The lowest BCUT2D eigenvalue weighted by molar-refractivity contribution is -0.146. The second-order valence-electron chi connectivity index (χ2n) is 3.12. The SMILES string of the molecule is CCOC(=O)COC(=O)c1ccc(Br)c(N)c1. The molecule has 0 saturated heterocycles. The Hall–Kier alpha value is -1.56. The molecule has 0 heterocycles. The van der Waals surface area contributed by atoms with E-state index < -0.39 is 18.5 Å². The minimum atomic E-state index is -0.614. The Morgan fingerprint density at radius 1 is 1.35 bits per heavy atom. The summed E-state index contributed by atoms with van der Waals surface area (Å²) in [6, 6.07) is 4.65. The fourth-order valence-electron chi connectivity index (χ4n) is 1.08. The van der Waals surface area contributed by atoms with E-state index >= 15 is 0 Å². The van der Waals surface area contributed by atoms with Crippen molar-refractivity contribution in [1.29, 1.82) is 0 Å². The zero-order chi connectivity index (χ0) is 12.8. The number of anilines is 1. The number of halogens is 1. The molecule has 0 aromatic heterocycles. The summed E-state index contributed by atoms with van der Waals surface area (Å²) < 4.78 is 10.1. The highest BCUT2D eigenvalue weighted by Crippen LogP contribution is 2.20. The van der Waals surface area contributed by atoms with Crippen LogP contribution in [0.25, 0.3) is 0 Å². The monoisotopic (exact) mass is 301 g/mol. The normalized spacial score (nSPS) is 9.76. The van der Waals surface area contributed by atoms with E-state index in [9.17, 15) is 9.59 Å². The van der Waals surface area contributed by atoms with Gasteiger partial charge in [-0.1, -0.05) is 0 Å². The molecule has 0 amide bonds. The van der Waals surface area contributed by atoms with Crippen LogP contribution in [-0.2, 0) is 14.3 Å². The van der Waals surface area contributed by atoms with Gasteiger partial charge in [-0.3, -0.25) is 0 Å². The minimum absolute atomic E-state index is 0.252. The smallest absolute Gasteiger partial charge is 0.344 e. The molecular formula is C11H12BrNO4. The van der Waals surface area contributed by atoms with Crippen molar-refractivity contribution in [3.63, 3.8) is 0 Å². The van der Waals surface area contributed by atoms with Gasteiger partial charge in [0.05, 0.1) is 12.2 Å². The van der Waals surface area contributed by atoms with Crippen molar-refractivity contribution < 1.29 is 19.1 Å². The lowest BCUT2D eigenvalue weighted by Crippen LogP contribution is -2.16. The molecule has 1 aromatic rings. The number of ether oxygens (including phenoxy) is 2. The third-order valence-electron chi connectivity index (χ3n) is 1.86. The predicted molar refractivity (Wildman–Crippen MR) is 65.5 cm³/mol. The summed E-state index contributed by atoms with van der Waals surface area (Å²) in [5, 5.41) is 0. The summed E-state index contributed by atoms with van der Waals surface area (Å²) in [6.45, 7) is 1.53. The van der Waals surface area contributed by atoms with E-state index in [1.54, 1.807) is 19.1 Å². The van der Waals surface area contributed by atoms with Crippen LogP contribution in [-0.4, -0.2) is 25.2 Å². The quantitative estimate of drug-likeness (QED) is 0.677. The number of benzene rings is 1. The summed E-state index contributed by atoms with van der Waals surface area (Å²) in [6.07, 6.45) is 0. The van der Waals surface area contributed by atoms with Gasteiger partial charge < -0.3 is 15.2 Å². The number of hydrogen-bond donors (Lipinski definition) is 1. The van der Waals surface area contributed by atoms with Crippen molar-refractivity contribution in [3.05, 3.63) is 28.2 Å². The summed E-state index contributed by atoms with van der Waals surface area (Å²) >= 11 is 3.21. The minimum Gasteiger partial charge on any atom is -0.463 e. The first-order valence-electron chi connectivity index (χ1n) is 4.92. The molecule has 17 heavy (non-hydrogen) atoms. The highest BCUT2D eigenvalue weighted by atomic mass is 79.9. The van der Waals surface area contributed by atoms with Gasteiger partial charge >= 0.3 is 11.9 Å². The molecule has 0 bridgehead atoms. The van der Waals surface area contributed by atoms with Gasteiger partial charge in [-0.15, -0.1) is 0 Å². The van der Waals surface area contributed by atoms with Crippen molar-refractivity contribution in [2.75, 3.05) is 18.9 Å². The Balaban J connectivity index is 2.58. The number of carbonyl (C=O) groups excluding carboxylic acids is 2. The van der Waals surface area contributed by atoms with Crippen molar-refractivity contribution >= 4 is 33.6 Å². The summed E-state index contributed by atoms with van der Waals surface area (Å²) in [4.78, 5) is 22.5. The third kappa shape index (κ3) is 4.07. The van der Waals surface area contributed by atoms with Crippen LogP contribution in [0, 0.1) is 0 Å². The third-order valence-corrected chi connectivity index (χ3v) is 2.58. The molecule has 0 aliphatic rings. The molecule has 0 atom stereocenters. The van der Waals surface area contributed by atoms with E-state index in [1.165, 1.54) is 6.07 Å². The molecule has 2 N–H and O–H groups in total. The van der Waals surface area contributed by atoms with Crippen LogP contribution in [0.4, 0.5) is 5.69 Å². The van der Waals surface area contributed by atoms with Gasteiger partial charge in [0.2, 0.25) is 0 Å². The highest BCUT2D eigenvalue weighted by Gasteiger charge is 2.11. The fraction of sp³-hybridized carbons (Fsp3) is 0.273. The maximum Gasteiger partial charge on any atom is 0.344 e. The Morgan fingerprint density at radius 2 is 2.06 bits per heavy atom. The first-order chi connectivity index (χ1) is 8.04. The van der Waals surface area contributed by atoms with Crippen LogP contribution >= 0.6 is 15.9 Å². The molecule has 1 rings (SSSR count). The van der Waals surface area contributed by atoms with Gasteiger partial charge in [-0.2, -0.15) is 0 Å². The molecule has 0 radical (unpaired) electrons. The summed E-state index contributed by atoms with van der Waals surface area (Å²) in [5.41, 5.74) is 6.33. The molecule has 92 valence electrons. The Labute approximate surface area is 107 Å². The van der Waals surface area contributed by atoms with Gasteiger partial charge in [0, 0.05) is 10.2 Å². The average Bonchev–Trinajstić information content (AvgIpc) is 2.30. The molecular weight excluding hydrogens is 290 g/mol. The predicted octanol–water partition coefficient (Wildman–Crippen LogP) is 1.75. The van der Waals surface area contributed by atoms with Gasteiger partial charge in [0.1, 0.15) is 0 Å². The Bertz CT molecular complexity index is 433. The van der Waals surface area contributed by atoms with E-state index in [-0.39, 0.29) is 12.2 Å². The van der Waals surface area contributed by atoms with Gasteiger partial charge in [0.15, 0.2) is 6.61 Å². The van der Waals surface area contributed by atoms with Crippen LogP contribution in [0.3, 0.4) is 0 Å². The van der Waals surface area contributed by atoms with Crippen molar-refractivity contribution in [3.8, 4) is 0 Å². The van der Waals surface area contributed by atoms with Crippen molar-refractivity contribution in [2.45, 2.75) is 6.92 Å². The zero-order valence-electron chi connectivity index (χ0n) is 9.23. The molecule has 0 fully saturated rings. The molecule has 0 unspecified atom stereocenters. The van der Waals surface area contributed by atoms with Crippen molar-refractivity contribution in [2.24, 2.45) is 0 Å². The number of hydrogen-bond acceptors (Lipinski definition) is 5. The zero-order valence-corrected chi connectivity index (χ0v) is 10.8. The summed E-state index contributed by atoms with van der Waals surface area (Å²) in [5.74, 6) is -1.19. The Kier molecular flexibility index (Phi) is 4.96. The number of nitrogen functional groups attached to an aromatic ring is 1. The molecule has 6 heteroatoms. The van der Waals surface area contributed by atoms with E-state index in [0.717, 1.165) is 0 Å². The number of esters is 2. The molecule has 5 nitrogen and oxygen atoms in total.